The molecule has 14 heavy (non-hydrogen) atoms. The maximum absolute atomic E-state index is 9.22. The van der Waals surface area contributed by atoms with Crippen molar-refractivity contribution in [1.82, 2.24) is 20.1 Å². The van der Waals surface area contributed by atoms with E-state index in [2.05, 4.69) is 22.3 Å². The second-order valence-corrected chi connectivity index (χ2v) is 3.90. The van der Waals surface area contributed by atoms with Gasteiger partial charge in [-0.25, -0.2) is 4.98 Å². The molecule has 0 aliphatic carbocycles. The molecule has 1 rings (SSSR count). The van der Waals surface area contributed by atoms with Crippen LogP contribution in [-0.2, 0) is 0 Å². The molecule has 0 amide bonds. The number of rotatable bonds is 5. The van der Waals surface area contributed by atoms with E-state index in [1.165, 1.54) is 6.33 Å². The van der Waals surface area contributed by atoms with Gasteiger partial charge in [0.15, 0.2) is 0 Å². The fourth-order valence-electron chi connectivity index (χ4n) is 1.44. The lowest BCUT2D eigenvalue weighted by molar-refractivity contribution is 0.156. The van der Waals surface area contributed by atoms with Crippen LogP contribution < -0.4 is 5.32 Å². The standard InChI is InChI=1S/C9H18N4O/c1-8(13-7-11-6-12-13)4-9(2,5-14)10-3/h6-8,10,14H,4-5H2,1-3H3. The fraction of sp³-hybridized carbons (Fsp3) is 0.778. The van der Waals surface area contributed by atoms with Gasteiger partial charge in [0.25, 0.3) is 0 Å². The van der Waals surface area contributed by atoms with E-state index in [0.717, 1.165) is 6.42 Å². The highest BCUT2D eigenvalue weighted by Gasteiger charge is 2.24. The highest BCUT2D eigenvalue weighted by atomic mass is 16.3. The van der Waals surface area contributed by atoms with Crippen LogP contribution in [0, 0.1) is 0 Å². The van der Waals surface area contributed by atoms with E-state index in [9.17, 15) is 5.11 Å². The van der Waals surface area contributed by atoms with Crippen molar-refractivity contribution >= 4 is 0 Å². The summed E-state index contributed by atoms with van der Waals surface area (Å²) in [6.45, 7) is 4.16. The Kier molecular flexibility index (Phi) is 3.60. The van der Waals surface area contributed by atoms with Crippen LogP contribution in [0.1, 0.15) is 26.3 Å². The molecule has 0 aromatic carbocycles. The SMILES string of the molecule is CNC(C)(CO)CC(C)n1cncn1. The van der Waals surface area contributed by atoms with Crippen LogP contribution in [0.4, 0.5) is 0 Å². The number of hydrogen-bond acceptors (Lipinski definition) is 4. The van der Waals surface area contributed by atoms with E-state index in [4.69, 9.17) is 0 Å². The first-order valence-corrected chi connectivity index (χ1v) is 4.75. The third kappa shape index (κ3) is 2.52. The molecule has 0 fully saturated rings. The Morgan fingerprint density at radius 2 is 2.36 bits per heavy atom. The summed E-state index contributed by atoms with van der Waals surface area (Å²) in [5.74, 6) is 0. The van der Waals surface area contributed by atoms with E-state index in [1.54, 1.807) is 11.0 Å². The summed E-state index contributed by atoms with van der Waals surface area (Å²) in [7, 11) is 1.85. The number of nitrogens with one attached hydrogen (secondary N) is 1. The quantitative estimate of drug-likeness (QED) is 0.709. The molecule has 0 aliphatic rings. The summed E-state index contributed by atoms with van der Waals surface area (Å²) in [6, 6.07) is 0.224. The average molecular weight is 198 g/mol. The monoisotopic (exact) mass is 198 g/mol. The lowest BCUT2D eigenvalue weighted by Crippen LogP contribution is -2.45. The molecule has 0 aliphatic heterocycles. The molecule has 2 N–H and O–H groups in total. The zero-order valence-corrected chi connectivity index (χ0v) is 8.94. The minimum atomic E-state index is -0.259. The molecule has 0 radical (unpaired) electrons. The number of aliphatic hydroxyl groups excluding tert-OH is 1. The molecule has 1 aromatic heterocycles. The molecule has 2 atom stereocenters. The van der Waals surface area contributed by atoms with Gasteiger partial charge in [0.2, 0.25) is 0 Å². The van der Waals surface area contributed by atoms with Gasteiger partial charge in [-0.1, -0.05) is 0 Å². The van der Waals surface area contributed by atoms with Crippen molar-refractivity contribution in [3.05, 3.63) is 12.7 Å². The maximum atomic E-state index is 9.22. The smallest absolute Gasteiger partial charge is 0.137 e. The van der Waals surface area contributed by atoms with Crippen molar-refractivity contribution < 1.29 is 5.11 Å². The summed E-state index contributed by atoms with van der Waals surface area (Å²) in [6.07, 6.45) is 4.02. The first kappa shape index (κ1) is 11.1. The summed E-state index contributed by atoms with van der Waals surface area (Å²) in [5.41, 5.74) is -0.259. The van der Waals surface area contributed by atoms with Crippen LogP contribution in [0.2, 0.25) is 0 Å². The highest BCUT2D eigenvalue weighted by molar-refractivity contribution is 4.84. The average Bonchev–Trinajstić information content (AvgIpc) is 2.70. The van der Waals surface area contributed by atoms with Crippen molar-refractivity contribution in [2.75, 3.05) is 13.7 Å². The van der Waals surface area contributed by atoms with Gasteiger partial charge < -0.3 is 10.4 Å². The minimum absolute atomic E-state index is 0.114. The minimum Gasteiger partial charge on any atom is -0.394 e. The van der Waals surface area contributed by atoms with Crippen LogP contribution in [0.5, 0.6) is 0 Å². The number of nitrogens with zero attached hydrogens (tertiary/aromatic N) is 3. The van der Waals surface area contributed by atoms with Crippen molar-refractivity contribution in [3.8, 4) is 0 Å². The van der Waals surface area contributed by atoms with Crippen LogP contribution in [-0.4, -0.2) is 39.1 Å². The fourth-order valence-corrected chi connectivity index (χ4v) is 1.44. The molecule has 1 heterocycles. The Labute approximate surface area is 84.2 Å². The molecule has 0 saturated heterocycles. The highest BCUT2D eigenvalue weighted by Crippen LogP contribution is 2.18. The summed E-state index contributed by atoms with van der Waals surface area (Å²) in [4.78, 5) is 3.89. The zero-order valence-electron chi connectivity index (χ0n) is 8.94. The van der Waals surface area contributed by atoms with Crippen LogP contribution in [0.3, 0.4) is 0 Å². The Bertz CT molecular complexity index is 256. The third-order valence-electron chi connectivity index (χ3n) is 2.59. The van der Waals surface area contributed by atoms with Crippen LogP contribution in [0.25, 0.3) is 0 Å². The Morgan fingerprint density at radius 1 is 1.64 bits per heavy atom. The van der Waals surface area contributed by atoms with Crippen molar-refractivity contribution in [3.63, 3.8) is 0 Å². The van der Waals surface area contributed by atoms with Gasteiger partial charge in [0, 0.05) is 5.54 Å². The van der Waals surface area contributed by atoms with E-state index in [0.29, 0.717) is 0 Å². The van der Waals surface area contributed by atoms with Gasteiger partial charge in [-0.15, -0.1) is 0 Å². The molecule has 80 valence electrons. The third-order valence-corrected chi connectivity index (χ3v) is 2.59. The maximum Gasteiger partial charge on any atom is 0.137 e. The molecule has 0 bridgehead atoms. The second kappa shape index (κ2) is 4.52. The topological polar surface area (TPSA) is 63.0 Å². The lowest BCUT2D eigenvalue weighted by Gasteiger charge is -2.29. The summed E-state index contributed by atoms with van der Waals surface area (Å²) >= 11 is 0. The Morgan fingerprint density at radius 3 is 2.79 bits per heavy atom. The number of hydrogen-bond donors (Lipinski definition) is 2. The predicted molar refractivity (Wildman–Crippen MR) is 53.9 cm³/mol. The first-order valence-electron chi connectivity index (χ1n) is 4.75. The van der Waals surface area contributed by atoms with E-state index in [-0.39, 0.29) is 18.2 Å². The molecule has 0 spiro atoms. The molecule has 5 nitrogen and oxygen atoms in total. The molecular formula is C9H18N4O. The first-order chi connectivity index (χ1) is 6.61. The normalized spacial score (nSPS) is 17.7. The molecule has 5 heteroatoms. The Balaban J connectivity index is 2.60. The van der Waals surface area contributed by atoms with Gasteiger partial charge in [-0.05, 0) is 27.3 Å². The summed E-state index contributed by atoms with van der Waals surface area (Å²) in [5, 5.41) is 16.4. The van der Waals surface area contributed by atoms with Crippen LogP contribution >= 0.6 is 0 Å². The van der Waals surface area contributed by atoms with Crippen molar-refractivity contribution in [2.45, 2.75) is 31.8 Å². The number of likely N-dealkylation sites (N-methyl/N-ethyl adjacent to an activating group) is 1. The van der Waals surface area contributed by atoms with Crippen molar-refractivity contribution in [1.29, 1.82) is 0 Å². The van der Waals surface area contributed by atoms with Crippen molar-refractivity contribution in [2.24, 2.45) is 0 Å². The number of aromatic nitrogens is 3. The molecule has 2 unspecified atom stereocenters. The largest absolute Gasteiger partial charge is 0.394 e. The molecule has 1 aromatic rings. The zero-order chi connectivity index (χ0) is 10.6. The molecule has 0 saturated carbocycles. The Hall–Kier alpha value is -0.940. The summed E-state index contributed by atoms with van der Waals surface area (Å²) < 4.78 is 1.80. The van der Waals surface area contributed by atoms with E-state index >= 15 is 0 Å². The van der Waals surface area contributed by atoms with E-state index < -0.39 is 0 Å². The van der Waals surface area contributed by atoms with Gasteiger partial charge in [0.05, 0.1) is 12.6 Å². The van der Waals surface area contributed by atoms with Gasteiger partial charge in [-0.3, -0.25) is 4.68 Å². The number of aliphatic hydroxyl groups is 1. The van der Waals surface area contributed by atoms with Crippen LogP contribution in [0.15, 0.2) is 12.7 Å². The predicted octanol–water partition coefficient (Wildman–Crippen LogP) is 0.200. The van der Waals surface area contributed by atoms with E-state index in [1.807, 2.05) is 14.0 Å². The van der Waals surface area contributed by atoms with Gasteiger partial charge >= 0.3 is 0 Å². The second-order valence-electron chi connectivity index (χ2n) is 3.90. The van der Waals surface area contributed by atoms with Gasteiger partial charge in [-0.2, -0.15) is 5.10 Å². The van der Waals surface area contributed by atoms with Gasteiger partial charge in [0.1, 0.15) is 12.7 Å². The lowest BCUT2D eigenvalue weighted by atomic mass is 9.95. The molecular weight excluding hydrogens is 180 g/mol.